The Morgan fingerprint density at radius 1 is 1.29 bits per heavy atom. The maximum Gasteiger partial charge on any atom is 0.251 e. The van der Waals surface area contributed by atoms with E-state index >= 15 is 0 Å². The van der Waals surface area contributed by atoms with Gasteiger partial charge in [0.15, 0.2) is 0 Å². The van der Waals surface area contributed by atoms with Crippen LogP contribution in [0, 0.1) is 5.82 Å². The predicted octanol–water partition coefficient (Wildman–Crippen LogP) is 1.36. The van der Waals surface area contributed by atoms with Gasteiger partial charge in [-0.25, -0.2) is 4.39 Å². The fourth-order valence-corrected chi connectivity index (χ4v) is 4.31. The summed E-state index contributed by atoms with van der Waals surface area (Å²) in [5.74, 6) is -0.797. The molecule has 0 aliphatic carbocycles. The van der Waals surface area contributed by atoms with E-state index in [-0.39, 0.29) is 17.5 Å². The molecule has 2 aliphatic heterocycles. The molecule has 1 aromatic carbocycles. The molecule has 1 aromatic heterocycles. The van der Waals surface area contributed by atoms with Crippen LogP contribution in [0.1, 0.15) is 19.3 Å². The van der Waals surface area contributed by atoms with Crippen molar-refractivity contribution < 1.29 is 14.0 Å². The van der Waals surface area contributed by atoms with E-state index in [0.29, 0.717) is 38.9 Å². The molecule has 3 heterocycles. The number of amides is 2. The molecular weight excluding hydrogens is 361 g/mol. The Morgan fingerprint density at radius 2 is 2.04 bits per heavy atom. The van der Waals surface area contributed by atoms with Crippen LogP contribution in [0.2, 0.25) is 0 Å². The monoisotopic (exact) mass is 385 g/mol. The van der Waals surface area contributed by atoms with Crippen LogP contribution in [0.25, 0.3) is 0 Å². The number of nitrogens with one attached hydrogen (secondary N) is 1. The highest BCUT2D eigenvalue weighted by molar-refractivity contribution is 6.02. The standard InChI is InChI=1S/C20H24FN5O2/c1-24(17-7-14-25(18(17)27)16-6-3-2-5-15(16)21)19(28)20(8-11-22-12-9-20)26-13-4-10-23-26/h2-6,10,13,17,22H,7-9,11-12,14H2,1H3. The van der Waals surface area contributed by atoms with E-state index in [9.17, 15) is 14.0 Å². The Labute approximate surface area is 163 Å². The summed E-state index contributed by atoms with van der Waals surface area (Å²) in [7, 11) is 1.67. The first kappa shape index (κ1) is 18.6. The first-order valence-electron chi connectivity index (χ1n) is 9.58. The first-order chi connectivity index (χ1) is 13.5. The third-order valence-electron chi connectivity index (χ3n) is 5.88. The van der Waals surface area contributed by atoms with Gasteiger partial charge in [-0.15, -0.1) is 0 Å². The number of carbonyl (C=O) groups is 2. The van der Waals surface area contributed by atoms with Crippen LogP contribution in [0.5, 0.6) is 0 Å². The second-order valence-electron chi connectivity index (χ2n) is 7.39. The number of halogens is 1. The molecule has 1 unspecified atom stereocenters. The number of hydrogen-bond acceptors (Lipinski definition) is 4. The molecule has 0 spiro atoms. The van der Waals surface area contributed by atoms with Gasteiger partial charge in [0.25, 0.3) is 5.91 Å². The molecule has 0 radical (unpaired) electrons. The number of hydrogen-bond donors (Lipinski definition) is 1. The first-order valence-corrected chi connectivity index (χ1v) is 9.58. The molecule has 2 fully saturated rings. The predicted molar refractivity (Wildman–Crippen MR) is 102 cm³/mol. The van der Waals surface area contributed by atoms with E-state index in [1.807, 2.05) is 0 Å². The summed E-state index contributed by atoms with van der Waals surface area (Å²) in [6.07, 6.45) is 5.16. The molecule has 8 heteroatoms. The zero-order chi connectivity index (χ0) is 19.7. The van der Waals surface area contributed by atoms with Crippen molar-refractivity contribution in [2.75, 3.05) is 31.6 Å². The third kappa shape index (κ3) is 2.97. The normalized spacial score (nSPS) is 21.7. The van der Waals surface area contributed by atoms with Gasteiger partial charge in [0.2, 0.25) is 5.91 Å². The van der Waals surface area contributed by atoms with E-state index in [1.54, 1.807) is 48.4 Å². The zero-order valence-electron chi connectivity index (χ0n) is 15.8. The third-order valence-corrected chi connectivity index (χ3v) is 5.88. The Kier molecular flexibility index (Phi) is 4.89. The quantitative estimate of drug-likeness (QED) is 0.863. The van der Waals surface area contributed by atoms with E-state index in [4.69, 9.17) is 0 Å². The molecule has 2 amide bonds. The van der Waals surface area contributed by atoms with Crippen LogP contribution in [-0.4, -0.2) is 59.2 Å². The van der Waals surface area contributed by atoms with Crippen molar-refractivity contribution in [1.82, 2.24) is 20.0 Å². The SMILES string of the molecule is CN(C(=O)C1(n2cccn2)CCNCC1)C1CCN(c2ccccc2F)C1=O. The Morgan fingerprint density at radius 3 is 2.71 bits per heavy atom. The molecule has 2 saturated heterocycles. The molecule has 148 valence electrons. The van der Waals surface area contributed by atoms with E-state index < -0.39 is 17.4 Å². The van der Waals surface area contributed by atoms with Gasteiger partial charge in [-0.05, 0) is 50.6 Å². The van der Waals surface area contributed by atoms with Gasteiger partial charge in [-0.1, -0.05) is 12.1 Å². The van der Waals surface area contributed by atoms with Crippen LogP contribution in [0.3, 0.4) is 0 Å². The number of aromatic nitrogens is 2. The lowest BCUT2D eigenvalue weighted by Crippen LogP contribution is -2.57. The molecule has 1 atom stereocenters. The molecule has 2 aromatic rings. The summed E-state index contributed by atoms with van der Waals surface area (Å²) >= 11 is 0. The molecule has 0 saturated carbocycles. The zero-order valence-corrected chi connectivity index (χ0v) is 15.8. The van der Waals surface area contributed by atoms with Crippen molar-refractivity contribution in [2.24, 2.45) is 0 Å². The molecule has 28 heavy (non-hydrogen) atoms. The van der Waals surface area contributed by atoms with Gasteiger partial charge in [0.05, 0.1) is 5.69 Å². The van der Waals surface area contributed by atoms with Crippen LogP contribution in [0.15, 0.2) is 42.7 Å². The fourth-order valence-electron chi connectivity index (χ4n) is 4.31. The highest BCUT2D eigenvalue weighted by Crippen LogP contribution is 2.32. The van der Waals surface area contributed by atoms with Gasteiger partial charge in [-0.3, -0.25) is 14.3 Å². The Hall–Kier alpha value is -2.74. The number of para-hydroxylation sites is 1. The van der Waals surface area contributed by atoms with Gasteiger partial charge < -0.3 is 15.1 Å². The second kappa shape index (κ2) is 7.35. The lowest BCUT2D eigenvalue weighted by atomic mass is 9.86. The molecule has 1 N–H and O–H groups in total. The highest BCUT2D eigenvalue weighted by Gasteiger charge is 2.47. The van der Waals surface area contributed by atoms with Crippen LogP contribution >= 0.6 is 0 Å². The van der Waals surface area contributed by atoms with Crippen molar-refractivity contribution >= 4 is 17.5 Å². The Balaban J connectivity index is 1.58. The minimum atomic E-state index is -0.796. The number of anilines is 1. The number of benzene rings is 1. The molecule has 2 aliphatic rings. The van der Waals surface area contributed by atoms with Crippen LogP contribution in [-0.2, 0) is 15.1 Å². The number of piperidine rings is 1. The van der Waals surface area contributed by atoms with E-state index in [2.05, 4.69) is 10.4 Å². The van der Waals surface area contributed by atoms with Gasteiger partial charge in [0, 0.05) is 26.0 Å². The molecule has 4 rings (SSSR count). The van der Waals surface area contributed by atoms with Crippen molar-refractivity contribution in [3.05, 3.63) is 48.5 Å². The summed E-state index contributed by atoms with van der Waals surface area (Å²) in [4.78, 5) is 29.5. The summed E-state index contributed by atoms with van der Waals surface area (Å²) in [6, 6.07) is 7.43. The van der Waals surface area contributed by atoms with Crippen LogP contribution < -0.4 is 10.2 Å². The maximum atomic E-state index is 14.1. The van der Waals surface area contributed by atoms with Crippen LogP contribution in [0.4, 0.5) is 10.1 Å². The highest BCUT2D eigenvalue weighted by atomic mass is 19.1. The van der Waals surface area contributed by atoms with Crippen molar-refractivity contribution in [3.8, 4) is 0 Å². The fraction of sp³-hybridized carbons (Fsp3) is 0.450. The number of carbonyl (C=O) groups excluding carboxylic acids is 2. The number of nitrogens with zero attached hydrogens (tertiary/aromatic N) is 4. The second-order valence-corrected chi connectivity index (χ2v) is 7.39. The average Bonchev–Trinajstić information content (AvgIpc) is 3.38. The van der Waals surface area contributed by atoms with Crippen molar-refractivity contribution in [2.45, 2.75) is 30.8 Å². The minimum Gasteiger partial charge on any atom is -0.332 e. The number of likely N-dealkylation sites (N-methyl/N-ethyl adjacent to an activating group) is 1. The average molecular weight is 385 g/mol. The Bertz CT molecular complexity index is 863. The number of rotatable bonds is 4. The molecule has 7 nitrogen and oxygen atoms in total. The van der Waals surface area contributed by atoms with Crippen molar-refractivity contribution in [1.29, 1.82) is 0 Å². The van der Waals surface area contributed by atoms with Crippen molar-refractivity contribution in [3.63, 3.8) is 0 Å². The molecular formula is C20H24FN5O2. The van der Waals surface area contributed by atoms with Gasteiger partial charge >= 0.3 is 0 Å². The van der Waals surface area contributed by atoms with Gasteiger partial charge in [-0.2, -0.15) is 5.10 Å². The maximum absolute atomic E-state index is 14.1. The summed E-state index contributed by atoms with van der Waals surface area (Å²) < 4.78 is 15.9. The summed E-state index contributed by atoms with van der Waals surface area (Å²) in [5.41, 5.74) is -0.533. The van der Waals surface area contributed by atoms with E-state index in [1.165, 1.54) is 15.9 Å². The summed E-state index contributed by atoms with van der Waals surface area (Å²) in [5, 5.41) is 7.61. The lowest BCUT2D eigenvalue weighted by Gasteiger charge is -2.40. The molecule has 0 bridgehead atoms. The lowest BCUT2D eigenvalue weighted by molar-refractivity contribution is -0.146. The topological polar surface area (TPSA) is 70.5 Å². The van der Waals surface area contributed by atoms with Gasteiger partial charge in [0.1, 0.15) is 17.4 Å². The summed E-state index contributed by atoms with van der Waals surface area (Å²) in [6.45, 7) is 1.80. The smallest absolute Gasteiger partial charge is 0.251 e. The minimum absolute atomic E-state index is 0.119. The van der Waals surface area contributed by atoms with E-state index in [0.717, 1.165) is 0 Å². The largest absolute Gasteiger partial charge is 0.332 e.